The van der Waals surface area contributed by atoms with E-state index in [1.807, 2.05) is 122 Å². The van der Waals surface area contributed by atoms with E-state index >= 15 is 0 Å². The van der Waals surface area contributed by atoms with Gasteiger partial charge in [-0.3, -0.25) is 9.12 Å². The zero-order chi connectivity index (χ0) is 70.2. The predicted molar refractivity (Wildman–Crippen MR) is 422 cm³/mol. The van der Waals surface area contributed by atoms with E-state index in [1.165, 1.54) is 0 Å². The molecule has 8 heterocycles. The molecule has 0 radical (unpaired) electrons. The third kappa shape index (κ3) is 13.0. The second-order valence-electron chi connectivity index (χ2n) is 24.6. The van der Waals surface area contributed by atoms with Crippen molar-refractivity contribution in [2.24, 2.45) is 0 Å². The third-order valence-corrected chi connectivity index (χ3v) is 18.9. The first kappa shape index (κ1) is 70.6. The van der Waals surface area contributed by atoms with Gasteiger partial charge in [-0.25, -0.2) is 9.97 Å². The number of imidazole rings is 1. The van der Waals surface area contributed by atoms with Crippen LogP contribution in [0.5, 0.6) is 23.0 Å². The quantitative estimate of drug-likeness (QED) is 0.0458. The first-order valence-corrected chi connectivity index (χ1v) is 34.5. The molecule has 0 unspecified atom stereocenters. The fraction of sp³-hybridized carbons (Fsp3) is 0.0233. The molecule has 530 valence electrons. The normalized spacial score (nSPS) is 12.1. The molecule has 0 atom stereocenters. The molecule has 0 fully saturated rings. The summed E-state index contributed by atoms with van der Waals surface area (Å²) in [5, 5.41) is 8.56. The molecule has 1 aliphatic rings. The number of furan rings is 2. The van der Waals surface area contributed by atoms with E-state index in [-0.39, 0.29) is 52.5 Å². The molecule has 19 aromatic rings. The van der Waals surface area contributed by atoms with Gasteiger partial charge < -0.3 is 32.7 Å². The minimum absolute atomic E-state index is 0. The number of alkyl halides is 3. The standard InChI is InChI=1S/C42H27N4O2.C42H25N4O2.CHF3O3S.CH4.HI.Pt/c2*1-2-11-28(12-3-1)44-27-45(38-19-8-7-18-37(38)44)29-13-10-14-30(23-29)47-31-21-22-33-32-15-4-6-17-36(32)46(39(33)24-31)42-25-41-35(26-43-42)34-16-5-9-20-40(34)48-41;2-1(3,4)8(5,6)7;;;/h1-27H;1-22,25-27H;(H,5,6,7);1H4;1H;/q+1;-3;;;;. The molecule has 12 aromatic carbocycles. The summed E-state index contributed by atoms with van der Waals surface area (Å²) in [5.41, 5.74) is 10.2. The number of hydrogen-bond donors (Lipinski definition) is 1. The molecule has 0 spiro atoms. The Hall–Kier alpha value is -12.1. The van der Waals surface area contributed by atoms with Crippen molar-refractivity contribution in [3.8, 4) is 46.0 Å². The SMILES string of the molecule is C.I.O=S(=O)(O)C(F)(F)F.[Pt].[c-]1c(Oc2[c-]c3c(cc2)c2ccccc2n3-c2cc3oc4ccccc4c3cn2)cccc1N1[CH-]N(c2ccccc2)c2ccccc21.c1ccc(-[n+]2cn(-c3cccc(Oc4ccc5c6ccccc6n(-c6cc7oc8ccccc8c7cn6)c5c4)c3)c3ccccc32)cc1. The molecule has 1 aliphatic heterocycles. The van der Waals surface area contributed by atoms with Crippen molar-refractivity contribution in [1.82, 2.24) is 23.7 Å². The topological polar surface area (TPSA) is 150 Å². The monoisotopic (exact) mass is 1730 g/mol. The zero-order valence-corrected chi connectivity index (χ0v) is 60.7. The third-order valence-electron chi connectivity index (χ3n) is 18.3. The van der Waals surface area contributed by atoms with Crippen LogP contribution in [0.1, 0.15) is 7.43 Å². The molecule has 0 bridgehead atoms. The maximum atomic E-state index is 10.7. The minimum Gasteiger partial charge on any atom is -0.509 e. The average Bonchev–Trinajstić information content (AvgIpc) is 1.46. The van der Waals surface area contributed by atoms with Gasteiger partial charge in [0.25, 0.3) is 6.33 Å². The van der Waals surface area contributed by atoms with E-state index < -0.39 is 15.6 Å². The van der Waals surface area contributed by atoms with Gasteiger partial charge in [0.2, 0.25) is 0 Å². The van der Waals surface area contributed by atoms with Gasteiger partial charge in [-0.1, -0.05) is 152 Å². The zero-order valence-electron chi connectivity index (χ0n) is 55.3. The molecule has 0 aliphatic carbocycles. The number of hydrogen-bond acceptors (Lipinski definition) is 10. The van der Waals surface area contributed by atoms with Gasteiger partial charge in [0.15, 0.2) is 11.0 Å². The number of ether oxygens (including phenoxy) is 2. The summed E-state index contributed by atoms with van der Waals surface area (Å²) in [6.45, 7) is 2.10. The number of benzene rings is 12. The van der Waals surface area contributed by atoms with Crippen molar-refractivity contribution in [3.05, 3.63) is 329 Å². The van der Waals surface area contributed by atoms with E-state index in [1.54, 1.807) is 0 Å². The fourth-order valence-electron chi connectivity index (χ4n) is 13.7. The molecule has 1 N–H and O–H groups in total. The average molecular weight is 1730 g/mol. The molecular formula is C86H58F3IN8O7PtS-2. The molecule has 21 heteroatoms. The number of rotatable bonds is 10. The number of aromatic nitrogens is 6. The Morgan fingerprint density at radius 3 is 1.62 bits per heavy atom. The summed E-state index contributed by atoms with van der Waals surface area (Å²) < 4.78 is 91.8. The van der Waals surface area contributed by atoms with E-state index in [0.29, 0.717) is 11.5 Å². The first-order valence-electron chi connectivity index (χ1n) is 33.0. The number of nitrogens with zero attached hydrogens (tertiary/aromatic N) is 8. The number of halogens is 4. The summed E-state index contributed by atoms with van der Waals surface area (Å²) in [4.78, 5) is 14.2. The Morgan fingerprint density at radius 2 is 0.953 bits per heavy atom. The van der Waals surface area contributed by atoms with Crippen LogP contribution in [0.4, 0.5) is 35.9 Å². The largest absolute Gasteiger partial charge is 0.522 e. The van der Waals surface area contributed by atoms with Crippen LogP contribution >= 0.6 is 24.0 Å². The van der Waals surface area contributed by atoms with Crippen molar-refractivity contribution in [2.75, 3.05) is 9.80 Å². The van der Waals surface area contributed by atoms with Gasteiger partial charge in [-0.2, -0.15) is 42.9 Å². The molecule has 0 saturated carbocycles. The van der Waals surface area contributed by atoms with Crippen LogP contribution in [0.3, 0.4) is 0 Å². The summed E-state index contributed by atoms with van der Waals surface area (Å²) >= 11 is 0. The van der Waals surface area contributed by atoms with E-state index in [4.69, 9.17) is 41.2 Å². The summed E-state index contributed by atoms with van der Waals surface area (Å²) in [5.74, 6) is 4.21. The predicted octanol–water partition coefficient (Wildman–Crippen LogP) is 22.6. The van der Waals surface area contributed by atoms with Crippen molar-refractivity contribution >= 4 is 155 Å². The van der Waals surface area contributed by atoms with Gasteiger partial charge in [0.1, 0.15) is 56.8 Å². The summed E-state index contributed by atoms with van der Waals surface area (Å²) in [6, 6.07) is 106. The van der Waals surface area contributed by atoms with Gasteiger partial charge in [0, 0.05) is 124 Å². The van der Waals surface area contributed by atoms with Gasteiger partial charge in [-0.05, 0) is 102 Å². The van der Waals surface area contributed by atoms with Crippen LogP contribution in [0, 0.1) is 18.8 Å². The van der Waals surface area contributed by atoms with Crippen LogP contribution in [0.25, 0.3) is 122 Å². The number of fused-ring (bicyclic) bond motifs is 14. The Balaban J connectivity index is 0.000000151. The fourth-order valence-corrected chi connectivity index (χ4v) is 13.7. The number of para-hydroxylation sites is 10. The van der Waals surface area contributed by atoms with Gasteiger partial charge in [-0.15, -0.1) is 72.1 Å². The van der Waals surface area contributed by atoms with Gasteiger partial charge >= 0.3 is 15.6 Å². The Labute approximate surface area is 641 Å². The Morgan fingerprint density at radius 1 is 0.449 bits per heavy atom. The van der Waals surface area contributed by atoms with E-state index in [2.05, 4.69) is 235 Å². The van der Waals surface area contributed by atoms with Crippen molar-refractivity contribution in [3.63, 3.8) is 0 Å². The van der Waals surface area contributed by atoms with Crippen molar-refractivity contribution < 1.29 is 70.1 Å². The summed E-state index contributed by atoms with van der Waals surface area (Å²) in [6.07, 6.45) is 5.94. The van der Waals surface area contributed by atoms with E-state index in [0.717, 1.165) is 156 Å². The molecule has 0 saturated heterocycles. The van der Waals surface area contributed by atoms with Crippen molar-refractivity contribution in [1.29, 1.82) is 0 Å². The first-order chi connectivity index (χ1) is 50.8. The van der Waals surface area contributed by atoms with Crippen LogP contribution in [-0.4, -0.2) is 42.1 Å². The molecule has 15 nitrogen and oxygen atoms in total. The van der Waals surface area contributed by atoms with Crippen LogP contribution in [0.2, 0.25) is 0 Å². The molecular weight excluding hydrogens is 1670 g/mol. The molecule has 7 aromatic heterocycles. The Kier molecular flexibility index (Phi) is 19.0. The molecule has 20 rings (SSSR count). The van der Waals surface area contributed by atoms with Crippen LogP contribution in [0.15, 0.2) is 319 Å². The summed E-state index contributed by atoms with van der Waals surface area (Å²) in [7, 11) is -5.84. The van der Waals surface area contributed by atoms with E-state index in [9.17, 15) is 13.2 Å². The Bertz CT molecular complexity index is 6690. The maximum absolute atomic E-state index is 10.7. The van der Waals surface area contributed by atoms with Crippen molar-refractivity contribution in [2.45, 2.75) is 12.9 Å². The van der Waals surface area contributed by atoms with Gasteiger partial charge in [0.05, 0.1) is 11.0 Å². The molecule has 0 amide bonds. The van der Waals surface area contributed by atoms with Crippen LogP contribution in [-0.2, 0) is 31.2 Å². The smallest absolute Gasteiger partial charge is 0.509 e. The second kappa shape index (κ2) is 28.8. The number of pyridine rings is 2. The second-order valence-corrected chi connectivity index (χ2v) is 26.0. The molecule has 107 heavy (non-hydrogen) atoms. The number of anilines is 4. The minimum atomic E-state index is -5.84. The maximum Gasteiger partial charge on any atom is 0.522 e. The van der Waals surface area contributed by atoms with Crippen LogP contribution < -0.4 is 23.8 Å².